The van der Waals surface area contributed by atoms with Crippen LogP contribution in [0.15, 0.2) is 18.3 Å². The van der Waals surface area contributed by atoms with Gasteiger partial charge in [0.1, 0.15) is 0 Å². The van der Waals surface area contributed by atoms with Crippen molar-refractivity contribution in [3.63, 3.8) is 0 Å². The highest BCUT2D eigenvalue weighted by atomic mass is 19.1. The van der Waals surface area contributed by atoms with Crippen LogP contribution in [0.3, 0.4) is 0 Å². The van der Waals surface area contributed by atoms with E-state index in [4.69, 9.17) is 0 Å². The van der Waals surface area contributed by atoms with Crippen LogP contribution in [0.2, 0.25) is 0 Å². The molecule has 0 bridgehead atoms. The zero-order chi connectivity index (χ0) is 8.97. The molecule has 1 rings (SSSR count). The fourth-order valence-corrected chi connectivity index (χ4v) is 0.834. The minimum absolute atomic E-state index is 0.441. The van der Waals surface area contributed by atoms with Crippen LogP contribution in [0.1, 0.15) is 13.8 Å². The lowest BCUT2D eigenvalue weighted by Gasteiger charge is -2.07. The second-order valence-corrected chi connectivity index (χ2v) is 3.14. The molecule has 2 nitrogen and oxygen atoms in total. The molecule has 0 atom stereocenters. The molecule has 0 spiro atoms. The lowest BCUT2D eigenvalue weighted by Crippen LogP contribution is -2.07. The summed E-state index contributed by atoms with van der Waals surface area (Å²) in [6.45, 7) is 5.05. The van der Waals surface area contributed by atoms with Gasteiger partial charge in [-0.15, -0.1) is 0 Å². The van der Waals surface area contributed by atoms with Gasteiger partial charge in [0.15, 0.2) is 0 Å². The Labute approximate surface area is 71.8 Å². The SMILES string of the molecule is CC(C)CNc1ccnc(F)c1. The first kappa shape index (κ1) is 8.97. The second kappa shape index (κ2) is 4.04. The monoisotopic (exact) mass is 168 g/mol. The van der Waals surface area contributed by atoms with Crippen LogP contribution in [0, 0.1) is 11.9 Å². The third kappa shape index (κ3) is 2.86. The van der Waals surface area contributed by atoms with E-state index in [0.29, 0.717) is 5.92 Å². The Hall–Kier alpha value is -1.12. The maximum atomic E-state index is 12.5. The molecule has 1 N–H and O–H groups in total. The van der Waals surface area contributed by atoms with Crippen molar-refractivity contribution in [3.8, 4) is 0 Å². The largest absolute Gasteiger partial charge is 0.385 e. The highest BCUT2D eigenvalue weighted by Gasteiger charge is 1.96. The van der Waals surface area contributed by atoms with Crippen LogP contribution < -0.4 is 5.32 Å². The summed E-state index contributed by atoms with van der Waals surface area (Å²) in [5.74, 6) is 0.116. The standard InChI is InChI=1S/C9H13FN2/c1-7(2)6-12-8-3-4-11-9(10)5-8/h3-5,7H,6H2,1-2H3,(H,11,12). The van der Waals surface area contributed by atoms with E-state index in [9.17, 15) is 4.39 Å². The Morgan fingerprint density at radius 2 is 2.33 bits per heavy atom. The average Bonchev–Trinajstić information content (AvgIpc) is 2.01. The van der Waals surface area contributed by atoms with Gasteiger partial charge in [0.05, 0.1) is 0 Å². The van der Waals surface area contributed by atoms with Gasteiger partial charge < -0.3 is 5.32 Å². The maximum Gasteiger partial charge on any atom is 0.214 e. The van der Waals surface area contributed by atoms with Crippen LogP contribution in [-0.4, -0.2) is 11.5 Å². The maximum absolute atomic E-state index is 12.5. The molecule has 0 unspecified atom stereocenters. The molecule has 1 aromatic rings. The quantitative estimate of drug-likeness (QED) is 0.700. The highest BCUT2D eigenvalue weighted by molar-refractivity contribution is 5.40. The number of anilines is 1. The summed E-state index contributed by atoms with van der Waals surface area (Å²) in [7, 11) is 0. The highest BCUT2D eigenvalue weighted by Crippen LogP contribution is 2.07. The Morgan fingerprint density at radius 3 is 2.92 bits per heavy atom. The fraction of sp³-hybridized carbons (Fsp3) is 0.444. The summed E-state index contributed by atoms with van der Waals surface area (Å²) >= 11 is 0. The molecular formula is C9H13FN2. The van der Waals surface area contributed by atoms with Gasteiger partial charge in [0.2, 0.25) is 5.95 Å². The van der Waals surface area contributed by atoms with Gasteiger partial charge in [-0.25, -0.2) is 4.98 Å². The summed E-state index contributed by atoms with van der Waals surface area (Å²) in [6, 6.07) is 3.15. The zero-order valence-electron chi connectivity index (χ0n) is 7.34. The summed E-state index contributed by atoms with van der Waals surface area (Å²) in [4.78, 5) is 3.46. The van der Waals surface area contributed by atoms with E-state index >= 15 is 0 Å². The molecule has 3 heteroatoms. The van der Waals surface area contributed by atoms with Crippen LogP contribution >= 0.6 is 0 Å². The lowest BCUT2D eigenvalue weighted by molar-refractivity contribution is 0.584. The normalized spacial score (nSPS) is 10.3. The molecule has 0 aliphatic carbocycles. The first-order valence-electron chi connectivity index (χ1n) is 4.04. The van der Waals surface area contributed by atoms with E-state index in [1.165, 1.54) is 12.3 Å². The third-order valence-electron chi connectivity index (χ3n) is 1.44. The van der Waals surface area contributed by atoms with Crippen LogP contribution in [-0.2, 0) is 0 Å². The molecule has 0 amide bonds. The molecule has 0 saturated heterocycles. The minimum atomic E-state index is -0.441. The van der Waals surface area contributed by atoms with Crippen LogP contribution in [0.4, 0.5) is 10.1 Å². The number of halogens is 1. The molecule has 0 aromatic carbocycles. The van der Waals surface area contributed by atoms with Crippen molar-refractivity contribution in [3.05, 3.63) is 24.3 Å². The molecule has 0 aliphatic rings. The summed E-state index contributed by atoms with van der Waals surface area (Å²) in [5, 5.41) is 3.10. The Balaban J connectivity index is 2.52. The Kier molecular flexibility index (Phi) is 3.02. The topological polar surface area (TPSA) is 24.9 Å². The molecule has 66 valence electrons. The van der Waals surface area contributed by atoms with Crippen molar-refractivity contribution < 1.29 is 4.39 Å². The van der Waals surface area contributed by atoms with Crippen LogP contribution in [0.25, 0.3) is 0 Å². The summed E-state index contributed by atoms with van der Waals surface area (Å²) in [5.41, 5.74) is 0.788. The number of rotatable bonds is 3. The van der Waals surface area contributed by atoms with Gasteiger partial charge in [0, 0.05) is 24.5 Å². The van der Waals surface area contributed by atoms with E-state index in [-0.39, 0.29) is 0 Å². The summed E-state index contributed by atoms with van der Waals surface area (Å²) in [6.07, 6.45) is 1.46. The van der Waals surface area contributed by atoms with Crippen LogP contribution in [0.5, 0.6) is 0 Å². The number of hydrogen-bond donors (Lipinski definition) is 1. The van der Waals surface area contributed by atoms with Gasteiger partial charge in [0.25, 0.3) is 0 Å². The van der Waals surface area contributed by atoms with E-state index in [2.05, 4.69) is 24.1 Å². The molecule has 0 fully saturated rings. The number of aromatic nitrogens is 1. The molecule has 0 radical (unpaired) electrons. The number of nitrogens with zero attached hydrogens (tertiary/aromatic N) is 1. The smallest absolute Gasteiger partial charge is 0.214 e. The van der Waals surface area contributed by atoms with E-state index in [1.807, 2.05) is 0 Å². The van der Waals surface area contributed by atoms with Gasteiger partial charge in [-0.2, -0.15) is 4.39 Å². The van der Waals surface area contributed by atoms with Gasteiger partial charge in [-0.3, -0.25) is 0 Å². The summed E-state index contributed by atoms with van der Waals surface area (Å²) < 4.78 is 12.5. The van der Waals surface area contributed by atoms with Crippen molar-refractivity contribution in [2.45, 2.75) is 13.8 Å². The number of hydrogen-bond acceptors (Lipinski definition) is 2. The number of pyridine rings is 1. The van der Waals surface area contributed by atoms with E-state index in [0.717, 1.165) is 12.2 Å². The van der Waals surface area contributed by atoms with E-state index in [1.54, 1.807) is 6.07 Å². The van der Waals surface area contributed by atoms with Crippen molar-refractivity contribution in [1.82, 2.24) is 4.98 Å². The average molecular weight is 168 g/mol. The zero-order valence-corrected chi connectivity index (χ0v) is 7.34. The molecule has 1 aromatic heterocycles. The molecule has 1 heterocycles. The minimum Gasteiger partial charge on any atom is -0.385 e. The molecule has 0 aliphatic heterocycles. The molecule has 0 saturated carbocycles. The second-order valence-electron chi connectivity index (χ2n) is 3.14. The fourth-order valence-electron chi connectivity index (χ4n) is 0.834. The molecular weight excluding hydrogens is 155 g/mol. The van der Waals surface area contributed by atoms with Crippen molar-refractivity contribution in [2.24, 2.45) is 5.92 Å². The van der Waals surface area contributed by atoms with Crippen molar-refractivity contribution >= 4 is 5.69 Å². The van der Waals surface area contributed by atoms with Gasteiger partial charge in [-0.1, -0.05) is 13.8 Å². The Morgan fingerprint density at radius 1 is 1.58 bits per heavy atom. The number of nitrogens with one attached hydrogen (secondary N) is 1. The lowest BCUT2D eigenvalue weighted by atomic mass is 10.2. The van der Waals surface area contributed by atoms with Crippen molar-refractivity contribution in [2.75, 3.05) is 11.9 Å². The molecule has 12 heavy (non-hydrogen) atoms. The van der Waals surface area contributed by atoms with Crippen molar-refractivity contribution in [1.29, 1.82) is 0 Å². The van der Waals surface area contributed by atoms with E-state index < -0.39 is 5.95 Å². The Bertz CT molecular complexity index is 248. The first-order chi connectivity index (χ1) is 5.68. The first-order valence-corrected chi connectivity index (χ1v) is 4.04. The van der Waals surface area contributed by atoms with Gasteiger partial charge in [-0.05, 0) is 12.0 Å². The predicted octanol–water partition coefficient (Wildman–Crippen LogP) is 2.29. The van der Waals surface area contributed by atoms with Gasteiger partial charge >= 0.3 is 0 Å². The third-order valence-corrected chi connectivity index (χ3v) is 1.44. The predicted molar refractivity (Wildman–Crippen MR) is 47.5 cm³/mol.